The highest BCUT2D eigenvalue weighted by Gasteiger charge is 2.63. The fourth-order valence-corrected chi connectivity index (χ4v) is 14.8. The summed E-state index contributed by atoms with van der Waals surface area (Å²) in [6.07, 6.45) is -89.3. The molecule has 0 bridgehead atoms. The number of carboxylic acids is 1. The fraction of sp³-hybridized carbons (Fsp3) is 0.937. The summed E-state index contributed by atoms with van der Waals surface area (Å²) in [7, 11) is 0. The van der Waals surface area contributed by atoms with Crippen molar-refractivity contribution in [2.45, 2.75) is 309 Å². The van der Waals surface area contributed by atoms with E-state index in [1.807, 2.05) is 0 Å². The van der Waals surface area contributed by atoms with E-state index >= 15 is 0 Å². The molecule has 0 unspecified atom stereocenters. The molecule has 0 aromatic rings. The van der Waals surface area contributed by atoms with Crippen LogP contribution in [0, 0.1) is 0 Å². The number of rotatable bonds is 31. The highest BCUT2D eigenvalue weighted by atomic mass is 16.8. The molecule has 9 aliphatic heterocycles. The highest BCUT2D eigenvalue weighted by molar-refractivity contribution is 5.76. The molecule has 0 aromatic carbocycles. The Labute approximate surface area is 649 Å². The molecular weight excluding hydrogens is 1580 g/mol. The lowest BCUT2D eigenvalue weighted by molar-refractivity contribution is -0.400. The van der Waals surface area contributed by atoms with Crippen molar-refractivity contribution in [2.75, 3.05) is 59.5 Å². The number of hydrogen-bond acceptors (Lipinski definition) is 48. The molecule has 9 heterocycles. The molecule has 52 nitrogen and oxygen atoms in total. The van der Waals surface area contributed by atoms with E-state index in [9.17, 15) is 157 Å². The van der Waals surface area contributed by atoms with E-state index in [0.29, 0.717) is 0 Å². The van der Waals surface area contributed by atoms with E-state index in [1.54, 1.807) is 0 Å². The van der Waals surface area contributed by atoms with Crippen LogP contribution in [0.15, 0.2) is 0 Å². The molecule has 46 atom stereocenters. The van der Waals surface area contributed by atoms with Gasteiger partial charge < -0.3 is 240 Å². The van der Waals surface area contributed by atoms with Crippen molar-refractivity contribution in [3.63, 3.8) is 0 Å². The van der Waals surface area contributed by atoms with Crippen molar-refractivity contribution in [1.29, 1.82) is 0 Å². The number of carbonyl (C=O) groups excluding carboxylic acids is 3. The van der Waals surface area contributed by atoms with E-state index in [2.05, 4.69) is 16.0 Å². The summed E-state index contributed by atoms with van der Waals surface area (Å²) in [5, 5.41) is 306. The van der Waals surface area contributed by atoms with Gasteiger partial charge in [0.2, 0.25) is 17.7 Å². The van der Waals surface area contributed by atoms with Crippen LogP contribution in [-0.4, -0.2) is 503 Å². The molecule has 0 spiro atoms. The fourth-order valence-electron chi connectivity index (χ4n) is 14.8. The number of ether oxygens (including phenoxy) is 17. The predicted molar refractivity (Wildman–Crippen MR) is 351 cm³/mol. The molecule has 3 amide bonds. The van der Waals surface area contributed by atoms with E-state index in [4.69, 9.17) is 86.3 Å². The van der Waals surface area contributed by atoms with E-state index in [-0.39, 0.29) is 0 Å². The van der Waals surface area contributed by atoms with Gasteiger partial charge in [0.25, 0.3) is 5.79 Å². The van der Waals surface area contributed by atoms with Crippen molar-refractivity contribution < 1.29 is 238 Å². The average molecular weight is 1690 g/mol. The van der Waals surface area contributed by atoms with Crippen LogP contribution in [0.1, 0.15) is 27.2 Å². The zero-order valence-electron chi connectivity index (χ0n) is 61.3. The number of nitrogens with two attached hydrogens (primary N) is 1. The van der Waals surface area contributed by atoms with Crippen LogP contribution in [-0.2, 0) is 99.7 Å². The van der Waals surface area contributed by atoms with Gasteiger partial charge in [-0.1, -0.05) is 0 Å². The first kappa shape index (κ1) is 95.0. The number of amides is 3. The van der Waals surface area contributed by atoms with Crippen LogP contribution in [0.3, 0.4) is 0 Å². The molecule has 32 N–H and O–H groups in total. The topological polar surface area (TPSA) is 834 Å². The van der Waals surface area contributed by atoms with E-state index < -0.39 is 371 Å². The van der Waals surface area contributed by atoms with Crippen LogP contribution >= 0.6 is 0 Å². The number of aliphatic carboxylic acids is 1. The summed E-state index contributed by atoms with van der Waals surface area (Å²) < 4.78 is 99.4. The van der Waals surface area contributed by atoms with Gasteiger partial charge in [0.1, 0.15) is 213 Å². The third-order valence-electron chi connectivity index (χ3n) is 21.0. The Kier molecular flexibility index (Phi) is 33.7. The number of aliphatic hydroxyl groups is 26. The van der Waals surface area contributed by atoms with Crippen molar-refractivity contribution in [3.05, 3.63) is 0 Å². The molecule has 0 saturated carbocycles. The largest absolute Gasteiger partial charge is 0.477 e. The van der Waals surface area contributed by atoms with E-state index in [0.717, 1.165) is 20.8 Å². The van der Waals surface area contributed by atoms with Crippen LogP contribution in [0.5, 0.6) is 0 Å². The standard InChI is InChI=1S/C63H106N4O48/c1-14(76)65-28-37(87)46(23(10-73)100-54(28)96)108-55-29(66-15(2)77)38(88)47(24(11-74)105-55)109-59-44(94)51(36(86)26(107-59)13-99-57-43(93)50(34(84)21(8-71)101-57)111-58-42(92)40(90)32(82)19(6-69)102-58)112-61-53(41(91)33(83)20(7-70)104-61)113-56-30(67-16(3)78)39(89)48(25(12-75)106-56)110-60-45(95)52(35(85)22(9-72)103-60)115-63(62(97)98)4-17(79)27(64)49(114-63)31(81)18(80)5-68/h17-61,68-75,79-96H,4-13,64H2,1-3H3,(H,65,76)(H,66,77)(H,67,78)(H,97,98)/t17-,18+,19+,20+,21+,22+,23+,24+,25+,26+,27+,28+,29+,30+,31+,32+,33+,34+,35-,36+,37+,38+,39+,40-,41-,42-,43-,44-,45+,46+,47+,48+,49+,50-,51-,52-,53-,54+,55-,56-,57-,58+,59-,60-,61+,63-/m0/s1. The second kappa shape index (κ2) is 40.9. The summed E-state index contributed by atoms with van der Waals surface area (Å²) in [6, 6.07) is -7.36. The molecule has 9 aliphatic rings. The lowest BCUT2D eigenvalue weighted by atomic mass is 9.88. The zero-order chi connectivity index (χ0) is 85.0. The molecule has 9 saturated heterocycles. The van der Waals surface area contributed by atoms with Gasteiger partial charge in [-0.25, -0.2) is 4.79 Å². The molecular formula is C63H106N4O48. The van der Waals surface area contributed by atoms with Crippen molar-refractivity contribution in [2.24, 2.45) is 5.73 Å². The summed E-state index contributed by atoms with van der Waals surface area (Å²) >= 11 is 0. The monoisotopic (exact) mass is 1690 g/mol. The van der Waals surface area contributed by atoms with Crippen LogP contribution in [0.2, 0.25) is 0 Å². The molecule has 115 heavy (non-hydrogen) atoms. The SMILES string of the molecule is CC(=O)N[C@@H]1[C@@H](O)[C@H](O[C@@H]2O[C@H](CO)[C@@H](O[C@@H]3O[C@H](CO[C@H]4O[C@H](CO)[C@@H](O)[C@H](O[C@H]5O[C@H](CO)[C@@H](O)[C@H](O)[C@@H]5O)[C@@H]4O)[C@@H](O)[C@H](O[C@H]4O[C@H](CO)[C@@H](O)[C@H](O)[C@@H]4O[C@@H]4O[C@H](CO)[C@@H](O[C@@H]5O[C@H](CO)[C@H](O)[C@H](O[C@]6(C(=O)O)C[C@H](O)[C@@H](N)[C@H]([C@H](O)[C@H](O)CO)O6)[C@H]5O)[C@H](O)[C@H]4NC(C)=O)[C@@H]3O)[C@H](O)[C@H]2NC(C)=O)[C@@H](CO)O[C@H]1O. The molecule has 0 aliphatic carbocycles. The molecule has 9 rings (SSSR count). The second-order valence-electron chi connectivity index (χ2n) is 28.9. The number of carbonyl (C=O) groups is 4. The van der Waals surface area contributed by atoms with Gasteiger partial charge in [-0.15, -0.1) is 0 Å². The lowest BCUT2D eigenvalue weighted by Crippen LogP contribution is -2.71. The summed E-state index contributed by atoms with van der Waals surface area (Å²) in [5.74, 6) is -8.11. The Balaban J connectivity index is 1.02. The lowest BCUT2D eigenvalue weighted by Gasteiger charge is -2.51. The number of aliphatic hydroxyl groups excluding tert-OH is 26. The number of nitrogens with one attached hydrogen (secondary N) is 3. The second-order valence-corrected chi connectivity index (χ2v) is 28.9. The first-order chi connectivity index (χ1) is 54.3. The van der Waals surface area contributed by atoms with Gasteiger partial charge in [-0.3, -0.25) is 14.4 Å². The maximum absolute atomic E-state index is 13.1. The van der Waals surface area contributed by atoms with Gasteiger partial charge in [0, 0.05) is 27.2 Å². The van der Waals surface area contributed by atoms with Crippen LogP contribution in [0.4, 0.5) is 0 Å². The maximum Gasteiger partial charge on any atom is 0.364 e. The smallest absolute Gasteiger partial charge is 0.364 e. The maximum atomic E-state index is 13.1. The van der Waals surface area contributed by atoms with Gasteiger partial charge in [0.05, 0.1) is 71.6 Å². The molecule has 9 fully saturated rings. The van der Waals surface area contributed by atoms with Gasteiger partial charge in [0.15, 0.2) is 50.3 Å². The summed E-state index contributed by atoms with van der Waals surface area (Å²) in [4.78, 5) is 51.3. The Morgan fingerprint density at radius 2 is 0.730 bits per heavy atom. The predicted octanol–water partition coefficient (Wildman–Crippen LogP) is -21.0. The van der Waals surface area contributed by atoms with Crippen molar-refractivity contribution in [1.82, 2.24) is 16.0 Å². The van der Waals surface area contributed by atoms with Crippen LogP contribution < -0.4 is 21.7 Å². The average Bonchev–Trinajstić information content (AvgIpc) is 0.757. The highest BCUT2D eigenvalue weighted by Crippen LogP contribution is 2.42. The Morgan fingerprint density at radius 3 is 1.20 bits per heavy atom. The molecule has 0 radical (unpaired) electrons. The summed E-state index contributed by atoms with van der Waals surface area (Å²) in [6.45, 7) is -7.46. The number of carboxylic acid groups (broad SMARTS) is 1. The third kappa shape index (κ3) is 20.6. The molecule has 666 valence electrons. The minimum absolute atomic E-state index is 0.791. The Morgan fingerprint density at radius 1 is 0.383 bits per heavy atom. The Hall–Kier alpha value is -3.88. The minimum atomic E-state index is -3.22. The number of hydrogen-bond donors (Lipinski definition) is 31. The minimum Gasteiger partial charge on any atom is -0.477 e. The molecule has 52 heteroatoms. The molecule has 0 aromatic heterocycles. The van der Waals surface area contributed by atoms with E-state index in [1.165, 1.54) is 0 Å². The van der Waals surface area contributed by atoms with Crippen LogP contribution in [0.25, 0.3) is 0 Å². The normalized spacial score (nSPS) is 48.6. The van der Waals surface area contributed by atoms with Crippen molar-refractivity contribution >= 4 is 23.7 Å². The first-order valence-corrected chi connectivity index (χ1v) is 36.4. The van der Waals surface area contributed by atoms with Gasteiger partial charge in [-0.05, 0) is 0 Å². The first-order valence-electron chi connectivity index (χ1n) is 36.4. The Bertz CT molecular complexity index is 3080. The van der Waals surface area contributed by atoms with Gasteiger partial charge in [-0.2, -0.15) is 0 Å². The zero-order valence-corrected chi connectivity index (χ0v) is 61.3. The van der Waals surface area contributed by atoms with Gasteiger partial charge >= 0.3 is 5.97 Å². The summed E-state index contributed by atoms with van der Waals surface area (Å²) in [5.41, 5.74) is 5.99. The van der Waals surface area contributed by atoms with Crippen molar-refractivity contribution in [3.8, 4) is 0 Å². The third-order valence-corrected chi connectivity index (χ3v) is 21.0. The quantitative estimate of drug-likeness (QED) is 0.0306.